The third-order valence-electron chi connectivity index (χ3n) is 0.821. The van der Waals surface area contributed by atoms with Crippen LogP contribution in [0.15, 0.2) is 22.0 Å². The summed E-state index contributed by atoms with van der Waals surface area (Å²) in [7, 11) is 0. The molecule has 4 N–H and O–H groups in total. The second-order valence-corrected chi connectivity index (χ2v) is 1.87. The number of azo groups is 1. The molecule has 0 unspecified atom stereocenters. The highest BCUT2D eigenvalue weighted by Gasteiger charge is 2.18. The van der Waals surface area contributed by atoms with Crippen molar-refractivity contribution in [2.75, 3.05) is 0 Å². The van der Waals surface area contributed by atoms with Gasteiger partial charge in [0.05, 0.1) is 5.70 Å². The number of nitrogens with zero attached hydrogens (tertiary/aromatic N) is 2. The summed E-state index contributed by atoms with van der Waals surface area (Å²) in [5, 5.41) is 7.16. The summed E-state index contributed by atoms with van der Waals surface area (Å²) >= 11 is 0. The number of nitrogens with two attached hydrogens (primary N) is 2. The molecule has 0 radical (unpaired) electrons. The molecule has 0 amide bonds. The molecule has 4 nitrogen and oxygen atoms in total. The largest absolute Gasteiger partial charge is 0.290 e. The predicted molar refractivity (Wildman–Crippen MR) is 29.7 cm³/mol. The molecule has 0 fully saturated rings. The fraction of sp³-hybridized carbons (Fsp3) is 0.500. The minimum Gasteiger partial charge on any atom is -0.290 e. The van der Waals surface area contributed by atoms with Gasteiger partial charge in [-0.2, -0.15) is 5.11 Å². The van der Waals surface area contributed by atoms with Crippen molar-refractivity contribution in [1.29, 1.82) is 0 Å². The molecule has 0 aromatic heterocycles. The van der Waals surface area contributed by atoms with E-state index in [0.717, 1.165) is 5.70 Å². The Morgan fingerprint density at radius 3 is 2.38 bits per heavy atom. The third kappa shape index (κ3) is 0.907. The number of rotatable bonds is 0. The average Bonchev–Trinajstić information content (AvgIpc) is 1.82. The maximum absolute atomic E-state index is 5.31. The Balaban J connectivity index is 2.84. The second kappa shape index (κ2) is 1.37. The van der Waals surface area contributed by atoms with Crippen molar-refractivity contribution >= 4 is 0 Å². The highest BCUT2D eigenvalue weighted by molar-refractivity contribution is 5.10. The van der Waals surface area contributed by atoms with E-state index in [4.69, 9.17) is 11.5 Å². The van der Waals surface area contributed by atoms with E-state index in [9.17, 15) is 0 Å². The van der Waals surface area contributed by atoms with Gasteiger partial charge in [-0.1, -0.05) is 0 Å². The summed E-state index contributed by atoms with van der Waals surface area (Å²) in [6.45, 7) is 1.80. The third-order valence-corrected chi connectivity index (χ3v) is 0.821. The van der Waals surface area contributed by atoms with Crippen LogP contribution in [0.25, 0.3) is 0 Å². The molecule has 4 heteroatoms. The van der Waals surface area contributed by atoms with Crippen LogP contribution in [0.4, 0.5) is 0 Å². The Morgan fingerprint density at radius 1 is 1.62 bits per heavy atom. The molecule has 0 saturated carbocycles. The summed E-state index contributed by atoms with van der Waals surface area (Å²) in [5.41, 5.74) is 11.4. The van der Waals surface area contributed by atoms with Crippen LogP contribution in [0, 0.1) is 0 Å². The molecule has 1 heterocycles. The second-order valence-electron chi connectivity index (χ2n) is 1.87. The van der Waals surface area contributed by atoms with Crippen LogP contribution in [0.2, 0.25) is 0 Å². The zero-order valence-electron chi connectivity index (χ0n) is 4.63. The zero-order chi connectivity index (χ0) is 6.20. The monoisotopic (exact) mass is 112 g/mol. The van der Waals surface area contributed by atoms with Crippen molar-refractivity contribution in [1.82, 2.24) is 0 Å². The first kappa shape index (κ1) is 5.40. The fourth-order valence-electron chi connectivity index (χ4n) is 0.558. The van der Waals surface area contributed by atoms with Gasteiger partial charge in [0, 0.05) is 0 Å². The molecule has 0 spiro atoms. The quantitative estimate of drug-likeness (QED) is 0.430. The molecule has 1 rings (SSSR count). The molecule has 0 aliphatic carbocycles. The predicted octanol–water partition coefficient (Wildman–Crippen LogP) is -0.0728. The van der Waals surface area contributed by atoms with Crippen molar-refractivity contribution in [3.63, 3.8) is 0 Å². The van der Waals surface area contributed by atoms with E-state index in [1.54, 1.807) is 13.0 Å². The molecule has 0 aromatic carbocycles. The van der Waals surface area contributed by atoms with Crippen LogP contribution in [0.1, 0.15) is 6.92 Å². The van der Waals surface area contributed by atoms with Gasteiger partial charge in [-0.05, 0) is 13.0 Å². The Bertz CT molecular complexity index is 155. The van der Waals surface area contributed by atoms with Crippen LogP contribution < -0.4 is 11.5 Å². The molecule has 0 aromatic rings. The summed E-state index contributed by atoms with van der Waals surface area (Å²) in [6, 6.07) is 0. The maximum Gasteiger partial charge on any atom is 0.201 e. The molecule has 0 bridgehead atoms. The van der Waals surface area contributed by atoms with Gasteiger partial charge in [0.15, 0.2) is 0 Å². The van der Waals surface area contributed by atoms with Crippen LogP contribution in [0.3, 0.4) is 0 Å². The number of allylic oxidation sites excluding steroid dienone is 1. The first-order valence-corrected chi connectivity index (χ1v) is 2.30. The van der Waals surface area contributed by atoms with E-state index in [1.165, 1.54) is 0 Å². The molecular formula is C4H8N4. The van der Waals surface area contributed by atoms with E-state index >= 15 is 0 Å². The van der Waals surface area contributed by atoms with Gasteiger partial charge < -0.3 is 0 Å². The van der Waals surface area contributed by atoms with E-state index in [2.05, 4.69) is 10.2 Å². The highest BCUT2D eigenvalue weighted by atomic mass is 15.3. The van der Waals surface area contributed by atoms with Gasteiger partial charge in [0.25, 0.3) is 0 Å². The Hall–Kier alpha value is -0.740. The molecule has 0 saturated heterocycles. The summed E-state index contributed by atoms with van der Waals surface area (Å²) in [4.78, 5) is 0. The Labute approximate surface area is 47.3 Å². The average molecular weight is 112 g/mol. The normalized spacial score (nSPS) is 23.6. The minimum atomic E-state index is -1.04. The van der Waals surface area contributed by atoms with Crippen LogP contribution in [-0.4, -0.2) is 5.79 Å². The maximum atomic E-state index is 5.31. The molecular weight excluding hydrogens is 104 g/mol. The lowest BCUT2D eigenvalue weighted by Crippen LogP contribution is -2.43. The van der Waals surface area contributed by atoms with Crippen LogP contribution >= 0.6 is 0 Å². The summed E-state index contributed by atoms with van der Waals surface area (Å²) < 4.78 is 0. The number of hydrogen-bond acceptors (Lipinski definition) is 4. The summed E-state index contributed by atoms with van der Waals surface area (Å²) in [5.74, 6) is -1.04. The molecule has 0 atom stereocenters. The fourth-order valence-corrected chi connectivity index (χ4v) is 0.558. The van der Waals surface area contributed by atoms with E-state index in [0.29, 0.717) is 0 Å². The molecule has 1 aliphatic heterocycles. The van der Waals surface area contributed by atoms with Crippen LogP contribution in [0.5, 0.6) is 0 Å². The Kier molecular flexibility index (Phi) is 0.922. The molecule has 1 aliphatic rings. The van der Waals surface area contributed by atoms with Gasteiger partial charge in [-0.25, -0.2) is 0 Å². The van der Waals surface area contributed by atoms with Crippen molar-refractivity contribution in [3.05, 3.63) is 11.8 Å². The van der Waals surface area contributed by atoms with E-state index in [1.807, 2.05) is 0 Å². The van der Waals surface area contributed by atoms with Crippen molar-refractivity contribution < 1.29 is 0 Å². The van der Waals surface area contributed by atoms with Gasteiger partial charge in [-0.15, -0.1) is 5.11 Å². The first-order chi connectivity index (χ1) is 3.60. The molecule has 44 valence electrons. The van der Waals surface area contributed by atoms with Gasteiger partial charge in [0.1, 0.15) is 0 Å². The summed E-state index contributed by atoms with van der Waals surface area (Å²) in [6.07, 6.45) is 1.60. The molecule has 8 heavy (non-hydrogen) atoms. The van der Waals surface area contributed by atoms with Crippen molar-refractivity contribution in [3.8, 4) is 0 Å². The van der Waals surface area contributed by atoms with E-state index < -0.39 is 5.79 Å². The lowest BCUT2D eigenvalue weighted by atomic mass is 10.3. The lowest BCUT2D eigenvalue weighted by molar-refractivity contribution is 0.576. The first-order valence-electron chi connectivity index (χ1n) is 2.30. The highest BCUT2D eigenvalue weighted by Crippen LogP contribution is 2.12. The van der Waals surface area contributed by atoms with Crippen LogP contribution in [-0.2, 0) is 0 Å². The van der Waals surface area contributed by atoms with E-state index in [-0.39, 0.29) is 0 Å². The SMILES string of the molecule is CC1=CC(N)(N)N=N1. The smallest absolute Gasteiger partial charge is 0.201 e. The lowest BCUT2D eigenvalue weighted by Gasteiger charge is -2.05. The standard InChI is InChI=1S/C4H8N4/c1-3-2-4(5,6)8-7-3/h2H,5-6H2,1H3. The Morgan fingerprint density at radius 2 is 2.25 bits per heavy atom. The minimum absolute atomic E-state index is 0.773. The number of hydrogen-bond donors (Lipinski definition) is 2. The van der Waals surface area contributed by atoms with Gasteiger partial charge in [-0.3, -0.25) is 11.5 Å². The zero-order valence-corrected chi connectivity index (χ0v) is 4.63. The van der Waals surface area contributed by atoms with Crippen molar-refractivity contribution in [2.45, 2.75) is 12.7 Å². The van der Waals surface area contributed by atoms with Gasteiger partial charge >= 0.3 is 0 Å². The van der Waals surface area contributed by atoms with Crippen molar-refractivity contribution in [2.24, 2.45) is 21.7 Å². The topological polar surface area (TPSA) is 76.8 Å². The van der Waals surface area contributed by atoms with Gasteiger partial charge in [0.2, 0.25) is 5.79 Å².